The number of nitrogens with zero attached hydrogens (tertiary/aromatic N) is 3. The van der Waals surface area contributed by atoms with E-state index in [1.54, 1.807) is 7.05 Å². The summed E-state index contributed by atoms with van der Waals surface area (Å²) >= 11 is 0. The van der Waals surface area contributed by atoms with Crippen LogP contribution in [0, 0.1) is 6.92 Å². The molecule has 2 aromatic carbocycles. The van der Waals surface area contributed by atoms with Gasteiger partial charge in [0.15, 0.2) is 5.96 Å². The van der Waals surface area contributed by atoms with Crippen LogP contribution in [0.15, 0.2) is 53.5 Å². The van der Waals surface area contributed by atoms with Gasteiger partial charge in [-0.1, -0.05) is 42.5 Å². The quantitative estimate of drug-likeness (QED) is 0.568. The number of sulfonamides is 1. The number of fused-ring (bicyclic) bond motifs is 1. The van der Waals surface area contributed by atoms with Crippen molar-refractivity contribution in [2.75, 3.05) is 49.9 Å². The molecule has 31 heavy (non-hydrogen) atoms. The van der Waals surface area contributed by atoms with Crippen molar-refractivity contribution < 1.29 is 13.2 Å². The molecule has 0 aliphatic carbocycles. The van der Waals surface area contributed by atoms with E-state index in [0.29, 0.717) is 38.7 Å². The Balaban J connectivity index is 1.36. The van der Waals surface area contributed by atoms with Crippen molar-refractivity contribution in [2.45, 2.75) is 19.4 Å². The Morgan fingerprint density at radius 3 is 2.74 bits per heavy atom. The Kier molecular flexibility index (Phi) is 6.48. The number of morpholine rings is 1. The highest BCUT2D eigenvalue weighted by atomic mass is 32.2. The molecule has 2 aromatic rings. The minimum absolute atomic E-state index is 0.0198. The molecule has 0 saturated carbocycles. The van der Waals surface area contributed by atoms with Crippen LogP contribution in [-0.2, 0) is 21.2 Å². The van der Waals surface area contributed by atoms with E-state index in [1.807, 2.05) is 36.4 Å². The number of benzene rings is 2. The van der Waals surface area contributed by atoms with Gasteiger partial charge in [-0.25, -0.2) is 8.42 Å². The summed E-state index contributed by atoms with van der Waals surface area (Å²) in [6.07, 6.45) is 0.733. The van der Waals surface area contributed by atoms with E-state index in [1.165, 1.54) is 15.4 Å². The Hall–Kier alpha value is -2.58. The van der Waals surface area contributed by atoms with Crippen LogP contribution in [0.3, 0.4) is 0 Å². The first-order valence-electron chi connectivity index (χ1n) is 10.7. The number of nitrogens with one attached hydrogen (secondary N) is 1. The second-order valence-electron chi connectivity index (χ2n) is 7.90. The van der Waals surface area contributed by atoms with Gasteiger partial charge in [0, 0.05) is 26.7 Å². The molecule has 166 valence electrons. The zero-order valence-electron chi connectivity index (χ0n) is 18.1. The summed E-state index contributed by atoms with van der Waals surface area (Å²) in [4.78, 5) is 6.52. The van der Waals surface area contributed by atoms with Crippen molar-refractivity contribution >= 4 is 21.7 Å². The lowest BCUT2D eigenvalue weighted by atomic mass is 10.0. The monoisotopic (exact) mass is 442 g/mol. The summed E-state index contributed by atoms with van der Waals surface area (Å²) in [6, 6.07) is 16.0. The molecule has 7 nitrogen and oxygen atoms in total. The first-order valence-corrected chi connectivity index (χ1v) is 12.3. The Morgan fingerprint density at radius 2 is 1.94 bits per heavy atom. The van der Waals surface area contributed by atoms with Crippen LogP contribution in [-0.4, -0.2) is 64.9 Å². The van der Waals surface area contributed by atoms with E-state index in [2.05, 4.69) is 34.3 Å². The highest BCUT2D eigenvalue weighted by Crippen LogP contribution is 2.30. The molecule has 0 aromatic heterocycles. The van der Waals surface area contributed by atoms with E-state index in [-0.39, 0.29) is 11.9 Å². The van der Waals surface area contributed by atoms with Crippen molar-refractivity contribution in [3.63, 3.8) is 0 Å². The van der Waals surface area contributed by atoms with Gasteiger partial charge in [-0.2, -0.15) is 0 Å². The molecule has 1 saturated heterocycles. The maximum Gasteiger partial charge on any atom is 0.236 e. The molecule has 4 rings (SSSR count). The van der Waals surface area contributed by atoms with Gasteiger partial charge < -0.3 is 15.0 Å². The second kappa shape index (κ2) is 9.28. The van der Waals surface area contributed by atoms with E-state index in [0.717, 1.165) is 17.7 Å². The minimum atomic E-state index is -3.39. The summed E-state index contributed by atoms with van der Waals surface area (Å²) < 4.78 is 33.4. The molecule has 0 spiro atoms. The van der Waals surface area contributed by atoms with Crippen molar-refractivity contribution in [1.29, 1.82) is 0 Å². The zero-order chi connectivity index (χ0) is 21.8. The smallest absolute Gasteiger partial charge is 0.236 e. The third kappa shape index (κ3) is 4.70. The Morgan fingerprint density at radius 1 is 1.16 bits per heavy atom. The molecule has 0 amide bonds. The standard InChI is InChI=1S/C23H30N4O3S/c1-18-7-3-5-9-20(18)22-17-26(14-15-30-22)23(24-2)25-12-16-31(28,29)27-13-11-19-8-4-6-10-21(19)27/h3-10,22H,11-17H2,1-2H3,(H,24,25). The predicted molar refractivity (Wildman–Crippen MR) is 124 cm³/mol. The number of aryl methyl sites for hydroxylation is 1. The maximum atomic E-state index is 12.9. The van der Waals surface area contributed by atoms with Gasteiger partial charge in [0.05, 0.1) is 24.6 Å². The van der Waals surface area contributed by atoms with Crippen LogP contribution in [0.1, 0.15) is 22.8 Å². The largest absolute Gasteiger partial charge is 0.370 e. The lowest BCUT2D eigenvalue weighted by molar-refractivity contribution is -0.00827. The topological polar surface area (TPSA) is 74.2 Å². The summed E-state index contributed by atoms with van der Waals surface area (Å²) in [5.74, 6) is 0.727. The fraction of sp³-hybridized carbons (Fsp3) is 0.435. The third-order valence-corrected chi connectivity index (χ3v) is 7.71. The van der Waals surface area contributed by atoms with E-state index in [4.69, 9.17) is 4.74 Å². The van der Waals surface area contributed by atoms with Crippen LogP contribution < -0.4 is 9.62 Å². The summed E-state index contributed by atoms with van der Waals surface area (Å²) in [5.41, 5.74) is 4.28. The van der Waals surface area contributed by atoms with Gasteiger partial charge >= 0.3 is 0 Å². The third-order valence-electron chi connectivity index (χ3n) is 5.94. The Bertz CT molecular complexity index is 1050. The zero-order valence-corrected chi connectivity index (χ0v) is 18.9. The van der Waals surface area contributed by atoms with E-state index >= 15 is 0 Å². The molecule has 1 N–H and O–H groups in total. The fourth-order valence-electron chi connectivity index (χ4n) is 4.31. The second-order valence-corrected chi connectivity index (χ2v) is 9.92. The van der Waals surface area contributed by atoms with E-state index in [9.17, 15) is 8.42 Å². The van der Waals surface area contributed by atoms with Crippen LogP contribution in [0.5, 0.6) is 0 Å². The highest BCUT2D eigenvalue weighted by molar-refractivity contribution is 7.92. The number of guanidine groups is 1. The lowest BCUT2D eigenvalue weighted by Gasteiger charge is -2.35. The first kappa shape index (κ1) is 21.6. The van der Waals surface area contributed by atoms with Crippen molar-refractivity contribution in [3.05, 3.63) is 65.2 Å². The molecule has 2 aliphatic rings. The highest BCUT2D eigenvalue weighted by Gasteiger charge is 2.29. The number of aliphatic imine (C=N–C) groups is 1. The number of ether oxygens (including phenoxy) is 1. The van der Waals surface area contributed by atoms with Gasteiger partial charge in [0.2, 0.25) is 10.0 Å². The van der Waals surface area contributed by atoms with Crippen LogP contribution >= 0.6 is 0 Å². The summed E-state index contributed by atoms with van der Waals surface area (Å²) in [6.45, 7) is 4.90. The number of anilines is 1. The van der Waals surface area contributed by atoms with Crippen molar-refractivity contribution in [2.24, 2.45) is 4.99 Å². The van der Waals surface area contributed by atoms with Crippen LogP contribution in [0.2, 0.25) is 0 Å². The number of rotatable bonds is 5. The van der Waals surface area contributed by atoms with Gasteiger partial charge in [-0.3, -0.25) is 9.30 Å². The van der Waals surface area contributed by atoms with E-state index < -0.39 is 10.0 Å². The van der Waals surface area contributed by atoms with Gasteiger partial charge in [0.1, 0.15) is 6.10 Å². The molecular formula is C23H30N4O3S. The SMILES string of the molecule is CN=C(NCCS(=O)(=O)N1CCc2ccccc21)N1CCOC(c2ccccc2C)C1. The van der Waals surface area contributed by atoms with Gasteiger partial charge in [-0.15, -0.1) is 0 Å². The molecule has 1 unspecified atom stereocenters. The number of para-hydroxylation sites is 1. The molecule has 8 heteroatoms. The van der Waals surface area contributed by atoms with Crippen molar-refractivity contribution in [1.82, 2.24) is 10.2 Å². The lowest BCUT2D eigenvalue weighted by Crippen LogP contribution is -2.49. The maximum absolute atomic E-state index is 12.9. The van der Waals surface area contributed by atoms with Gasteiger partial charge in [0.25, 0.3) is 0 Å². The first-order chi connectivity index (χ1) is 15.0. The minimum Gasteiger partial charge on any atom is -0.370 e. The van der Waals surface area contributed by atoms with Crippen LogP contribution in [0.4, 0.5) is 5.69 Å². The molecule has 0 radical (unpaired) electrons. The molecule has 1 atom stereocenters. The average molecular weight is 443 g/mol. The Labute approximate surface area is 184 Å². The number of hydrogen-bond donors (Lipinski definition) is 1. The molecule has 2 heterocycles. The normalized spacial score (nSPS) is 19.4. The molecular weight excluding hydrogens is 412 g/mol. The molecule has 0 bridgehead atoms. The average Bonchev–Trinajstić information content (AvgIpc) is 3.22. The van der Waals surface area contributed by atoms with Crippen molar-refractivity contribution in [3.8, 4) is 0 Å². The predicted octanol–water partition coefficient (Wildman–Crippen LogP) is 2.34. The fourth-order valence-corrected chi connectivity index (χ4v) is 5.74. The van der Waals surface area contributed by atoms with Crippen LogP contribution in [0.25, 0.3) is 0 Å². The molecule has 1 fully saturated rings. The summed E-state index contributed by atoms with van der Waals surface area (Å²) in [7, 11) is -1.67. The summed E-state index contributed by atoms with van der Waals surface area (Å²) in [5, 5.41) is 3.24. The molecule has 2 aliphatic heterocycles. The number of hydrogen-bond acceptors (Lipinski definition) is 4. The van der Waals surface area contributed by atoms with Gasteiger partial charge in [-0.05, 0) is 36.1 Å².